The number of hydrogen-bond acceptors (Lipinski definition) is 5. The first-order chi connectivity index (χ1) is 6.09. The maximum atomic E-state index is 10.1. The molecule has 1 heterocycles. The molecule has 3 N–H and O–H groups in total. The molecule has 0 aliphatic carbocycles. The van der Waals surface area contributed by atoms with Crippen LogP contribution in [-0.4, -0.2) is 27.3 Å². The van der Waals surface area contributed by atoms with E-state index in [1.54, 1.807) is 0 Å². The fraction of sp³-hybridized carbons (Fsp3) is 0. The highest BCUT2D eigenvalue weighted by atomic mass is 35.5. The number of carbonyl (C=O) groups is 1. The number of nitrogen functional groups attached to an aromatic ring is 1. The van der Waals surface area contributed by atoms with Gasteiger partial charge in [-0.25, -0.2) is 14.8 Å². The summed E-state index contributed by atoms with van der Waals surface area (Å²) in [4.78, 5) is 20.8. The minimum absolute atomic E-state index is 0.00762. The molecular formula is C6H5ClN4O2. The molecule has 0 spiro atoms. The molecule has 0 aromatic carbocycles. The summed E-state index contributed by atoms with van der Waals surface area (Å²) >= 11 is 5.41. The van der Waals surface area contributed by atoms with Crippen LogP contribution in [0.1, 0.15) is 0 Å². The number of aromatic nitrogens is 2. The lowest BCUT2D eigenvalue weighted by molar-refractivity contribution is -0.128. The normalized spacial score (nSPS) is 10.5. The number of halogens is 1. The quantitative estimate of drug-likeness (QED) is 0.535. The van der Waals surface area contributed by atoms with Gasteiger partial charge in [-0.2, -0.15) is 4.98 Å². The molecule has 7 heteroatoms. The molecule has 0 amide bonds. The lowest BCUT2D eigenvalue weighted by Gasteiger charge is -1.96. The number of hydrogen-bond donors (Lipinski definition) is 2. The number of carboxylic acids is 1. The van der Waals surface area contributed by atoms with Crippen molar-refractivity contribution < 1.29 is 9.90 Å². The molecular weight excluding hydrogens is 196 g/mol. The molecule has 0 aliphatic rings. The topological polar surface area (TPSA) is 101 Å². The summed E-state index contributed by atoms with van der Waals surface area (Å²) in [6.07, 6.45) is 1.94. The Bertz CT molecular complexity index is 366. The van der Waals surface area contributed by atoms with Gasteiger partial charge in [0.1, 0.15) is 11.9 Å². The molecule has 1 rings (SSSR count). The maximum absolute atomic E-state index is 10.1. The van der Waals surface area contributed by atoms with Gasteiger partial charge >= 0.3 is 5.97 Å². The minimum atomic E-state index is -1.17. The second-order valence-corrected chi connectivity index (χ2v) is 2.34. The summed E-state index contributed by atoms with van der Waals surface area (Å²) in [5.41, 5.74) is 5.54. The van der Waals surface area contributed by atoms with Crippen LogP contribution in [0.15, 0.2) is 11.2 Å². The van der Waals surface area contributed by atoms with Crippen LogP contribution >= 0.6 is 11.6 Å². The van der Waals surface area contributed by atoms with Crippen LogP contribution in [0.5, 0.6) is 0 Å². The van der Waals surface area contributed by atoms with E-state index in [1.807, 2.05) is 0 Å². The Morgan fingerprint density at radius 3 is 3.00 bits per heavy atom. The van der Waals surface area contributed by atoms with Crippen molar-refractivity contribution in [2.75, 3.05) is 5.73 Å². The Morgan fingerprint density at radius 1 is 1.77 bits per heavy atom. The summed E-state index contributed by atoms with van der Waals surface area (Å²) < 4.78 is 0. The summed E-state index contributed by atoms with van der Waals surface area (Å²) in [6.45, 7) is 0. The van der Waals surface area contributed by atoms with Crippen molar-refractivity contribution in [3.05, 3.63) is 11.5 Å². The number of aliphatic carboxylic acids is 1. The third kappa shape index (κ3) is 2.68. The summed E-state index contributed by atoms with van der Waals surface area (Å²) in [5, 5.41) is 8.26. The van der Waals surface area contributed by atoms with Gasteiger partial charge in [0.15, 0.2) is 5.82 Å². The highest BCUT2D eigenvalue weighted by Crippen LogP contribution is 2.18. The smallest absolute Gasteiger partial charge is 0.346 e. The third-order valence-electron chi connectivity index (χ3n) is 1.08. The molecule has 6 nitrogen and oxygen atoms in total. The zero-order valence-electron chi connectivity index (χ0n) is 6.31. The van der Waals surface area contributed by atoms with Gasteiger partial charge in [-0.15, -0.1) is 0 Å². The Labute approximate surface area is 78.1 Å². The van der Waals surface area contributed by atoms with E-state index in [4.69, 9.17) is 22.4 Å². The van der Waals surface area contributed by atoms with Crippen LogP contribution in [-0.2, 0) is 4.79 Å². The fourth-order valence-electron chi connectivity index (χ4n) is 0.590. The Hall–Kier alpha value is -1.69. The van der Waals surface area contributed by atoms with E-state index >= 15 is 0 Å². The predicted octanol–water partition coefficient (Wildman–Crippen LogP) is 0.499. The summed E-state index contributed by atoms with van der Waals surface area (Å²) in [5.74, 6) is -1.13. The number of carboxylic acid groups (broad SMARTS) is 1. The van der Waals surface area contributed by atoms with Gasteiger partial charge in [-0.3, -0.25) is 0 Å². The van der Waals surface area contributed by atoms with Gasteiger partial charge in [0.25, 0.3) is 0 Å². The number of aliphatic imine (C=N–C) groups is 1. The SMILES string of the molecule is Nc1nc(Cl)ncc1N=CC(=O)O. The maximum Gasteiger partial charge on any atom is 0.346 e. The lowest BCUT2D eigenvalue weighted by Crippen LogP contribution is -1.96. The highest BCUT2D eigenvalue weighted by molar-refractivity contribution is 6.28. The van der Waals surface area contributed by atoms with Gasteiger partial charge < -0.3 is 10.8 Å². The van der Waals surface area contributed by atoms with Crippen molar-refractivity contribution in [3.8, 4) is 0 Å². The van der Waals surface area contributed by atoms with E-state index in [0.29, 0.717) is 6.21 Å². The molecule has 1 aromatic rings. The first-order valence-corrected chi connectivity index (χ1v) is 3.52. The van der Waals surface area contributed by atoms with Crippen molar-refractivity contribution in [2.24, 2.45) is 4.99 Å². The summed E-state index contributed by atoms with van der Waals surface area (Å²) in [6, 6.07) is 0. The molecule has 13 heavy (non-hydrogen) atoms. The Morgan fingerprint density at radius 2 is 2.46 bits per heavy atom. The van der Waals surface area contributed by atoms with Crippen LogP contribution in [0, 0.1) is 0 Å². The molecule has 68 valence electrons. The average Bonchev–Trinajstić information content (AvgIpc) is 2.02. The molecule has 0 fully saturated rings. The van der Waals surface area contributed by atoms with E-state index < -0.39 is 5.97 Å². The summed E-state index contributed by atoms with van der Waals surface area (Å²) in [7, 11) is 0. The van der Waals surface area contributed by atoms with E-state index in [1.165, 1.54) is 6.20 Å². The van der Waals surface area contributed by atoms with Crippen LogP contribution in [0.25, 0.3) is 0 Å². The number of nitrogens with zero attached hydrogens (tertiary/aromatic N) is 3. The molecule has 0 radical (unpaired) electrons. The van der Waals surface area contributed by atoms with Gasteiger partial charge in [-0.05, 0) is 11.6 Å². The standard InChI is InChI=1S/C6H5ClN4O2/c7-6-10-1-3(5(8)11-6)9-2-4(12)13/h1-2H,(H,12,13)(H2,8,10,11). The number of nitrogens with two attached hydrogens (primary N) is 1. The first kappa shape index (κ1) is 9.40. The Kier molecular flexibility index (Phi) is 2.76. The molecule has 1 aromatic heterocycles. The zero-order valence-corrected chi connectivity index (χ0v) is 7.06. The van der Waals surface area contributed by atoms with Crippen molar-refractivity contribution in [1.29, 1.82) is 0 Å². The van der Waals surface area contributed by atoms with Crippen LogP contribution in [0.4, 0.5) is 11.5 Å². The second-order valence-electron chi connectivity index (χ2n) is 2.01. The van der Waals surface area contributed by atoms with Crippen molar-refractivity contribution >= 4 is 35.3 Å². The highest BCUT2D eigenvalue weighted by Gasteiger charge is 2.00. The van der Waals surface area contributed by atoms with E-state index in [-0.39, 0.29) is 16.8 Å². The molecule has 0 aliphatic heterocycles. The van der Waals surface area contributed by atoms with Crippen molar-refractivity contribution in [3.63, 3.8) is 0 Å². The minimum Gasteiger partial charge on any atom is -0.477 e. The predicted molar refractivity (Wildman–Crippen MR) is 47.2 cm³/mol. The number of rotatable bonds is 2. The largest absolute Gasteiger partial charge is 0.477 e. The fourth-order valence-corrected chi connectivity index (χ4v) is 0.730. The van der Waals surface area contributed by atoms with Crippen molar-refractivity contribution in [1.82, 2.24) is 9.97 Å². The monoisotopic (exact) mass is 200 g/mol. The van der Waals surface area contributed by atoms with Crippen LogP contribution in [0.2, 0.25) is 5.28 Å². The molecule has 0 saturated heterocycles. The zero-order chi connectivity index (χ0) is 9.84. The van der Waals surface area contributed by atoms with Crippen LogP contribution < -0.4 is 5.73 Å². The molecule has 0 saturated carbocycles. The average molecular weight is 201 g/mol. The third-order valence-corrected chi connectivity index (χ3v) is 1.26. The number of anilines is 1. The van der Waals surface area contributed by atoms with Gasteiger partial charge in [0, 0.05) is 0 Å². The van der Waals surface area contributed by atoms with Gasteiger partial charge in [-0.1, -0.05) is 0 Å². The molecule has 0 atom stereocenters. The second kappa shape index (κ2) is 3.81. The van der Waals surface area contributed by atoms with Crippen molar-refractivity contribution in [2.45, 2.75) is 0 Å². The van der Waals surface area contributed by atoms with E-state index in [9.17, 15) is 4.79 Å². The lowest BCUT2D eigenvalue weighted by atomic mass is 10.5. The van der Waals surface area contributed by atoms with Gasteiger partial charge in [0.05, 0.1) is 6.20 Å². The van der Waals surface area contributed by atoms with E-state index in [0.717, 1.165) is 0 Å². The molecule has 0 unspecified atom stereocenters. The van der Waals surface area contributed by atoms with E-state index in [2.05, 4.69) is 15.0 Å². The first-order valence-electron chi connectivity index (χ1n) is 3.14. The molecule has 0 bridgehead atoms. The Balaban J connectivity index is 2.96. The van der Waals surface area contributed by atoms with Crippen LogP contribution in [0.3, 0.4) is 0 Å². The van der Waals surface area contributed by atoms with Gasteiger partial charge in [0.2, 0.25) is 5.28 Å².